The lowest BCUT2D eigenvalue weighted by atomic mass is 9.90. The lowest BCUT2D eigenvalue weighted by molar-refractivity contribution is 0.403. The van der Waals surface area contributed by atoms with Crippen molar-refractivity contribution in [2.24, 2.45) is 0 Å². The topological polar surface area (TPSA) is 120 Å². The van der Waals surface area contributed by atoms with Crippen LogP contribution in [-0.2, 0) is 24.4 Å². The number of aryl methyl sites for hydroxylation is 1. The Bertz CT molecular complexity index is 2030. The summed E-state index contributed by atoms with van der Waals surface area (Å²) >= 11 is 0. The minimum absolute atomic E-state index is 0.200. The molecule has 10 heteroatoms. The van der Waals surface area contributed by atoms with Crippen molar-refractivity contribution in [1.82, 2.24) is 15.1 Å². The van der Waals surface area contributed by atoms with Gasteiger partial charge in [0, 0.05) is 35.2 Å². The zero-order valence-corrected chi connectivity index (χ0v) is 24.9. The lowest BCUT2D eigenvalue weighted by Crippen LogP contribution is -2.28. The minimum atomic E-state index is -3.44. The fraction of sp³-hybridized carbons (Fsp3) is 0.194. The van der Waals surface area contributed by atoms with Crippen molar-refractivity contribution in [2.45, 2.75) is 30.4 Å². The van der Waals surface area contributed by atoms with Gasteiger partial charge in [0.05, 0.1) is 15.2 Å². The molecule has 0 atom stereocenters. The molecule has 0 saturated heterocycles. The zero-order valence-electron chi connectivity index (χ0n) is 23.3. The highest BCUT2D eigenvalue weighted by Gasteiger charge is 2.33. The molecule has 2 aromatic heterocycles. The molecule has 0 spiro atoms. The maximum Gasteiger partial charge on any atom is 0.258 e. The highest BCUT2D eigenvalue weighted by atomic mass is 32.2. The molecular weight excluding hydrogens is 558 g/mol. The van der Waals surface area contributed by atoms with E-state index in [2.05, 4.69) is 15.1 Å². The fourth-order valence-electron chi connectivity index (χ4n) is 4.54. The molecule has 0 radical (unpaired) electrons. The third-order valence-electron chi connectivity index (χ3n) is 7.23. The highest BCUT2D eigenvalue weighted by molar-refractivity contribution is 7.91. The first-order valence-electron chi connectivity index (χ1n) is 12.8. The predicted octanol–water partition coefficient (Wildman–Crippen LogP) is 5.87. The van der Waals surface area contributed by atoms with E-state index in [0.717, 1.165) is 33.8 Å². The second-order valence-corrected chi connectivity index (χ2v) is 15.1. The van der Waals surface area contributed by atoms with Crippen molar-refractivity contribution >= 4 is 42.2 Å². The third-order valence-corrected chi connectivity index (χ3v) is 10.4. The molecule has 5 aromatic rings. The molecule has 5 rings (SSSR count). The molecule has 0 bridgehead atoms. The van der Waals surface area contributed by atoms with Gasteiger partial charge in [-0.1, -0.05) is 47.6 Å². The molecule has 0 saturated carbocycles. The van der Waals surface area contributed by atoms with Crippen LogP contribution in [0.5, 0.6) is 0 Å². The van der Waals surface area contributed by atoms with Gasteiger partial charge in [0.2, 0.25) is 0 Å². The summed E-state index contributed by atoms with van der Waals surface area (Å²) in [5.74, 6) is 0.734. The van der Waals surface area contributed by atoms with Crippen LogP contribution < -0.4 is 0 Å². The first-order chi connectivity index (χ1) is 19.3. The molecule has 0 fully saturated rings. The summed E-state index contributed by atoms with van der Waals surface area (Å²) in [5.41, 5.74) is 5.06. The predicted molar refractivity (Wildman–Crippen MR) is 161 cm³/mol. The van der Waals surface area contributed by atoms with Gasteiger partial charge in [-0.25, -0.2) is 16.8 Å². The fourth-order valence-corrected chi connectivity index (χ4v) is 5.72. The molecule has 0 aliphatic rings. The van der Waals surface area contributed by atoms with E-state index in [-0.39, 0.29) is 10.8 Å². The number of aromatic nitrogens is 3. The Labute approximate surface area is 239 Å². The molecule has 3 aromatic carbocycles. The standard InChI is InChI=1S/C31H29N3O5S2/c1-20-33-30(39-34-20)27(21-12-14-25(15-13-21)40(4,35)36)18-22-9-6-7-11-26(22)28-19-24(31(2,3)41(5,37)38)17-23-10-8-16-32-29(23)28/h6-19H,1-5H3/b27-18-. The Hall–Kier alpha value is -4.15. The van der Waals surface area contributed by atoms with Crippen molar-refractivity contribution in [2.75, 3.05) is 12.5 Å². The second kappa shape index (κ2) is 10.4. The molecule has 2 heterocycles. The average Bonchev–Trinajstić information content (AvgIpc) is 3.36. The Morgan fingerprint density at radius 3 is 2.22 bits per heavy atom. The van der Waals surface area contributed by atoms with Gasteiger partial charge in [0.1, 0.15) is 0 Å². The number of pyridine rings is 1. The van der Waals surface area contributed by atoms with Crippen molar-refractivity contribution in [3.63, 3.8) is 0 Å². The highest BCUT2D eigenvalue weighted by Crippen LogP contribution is 2.38. The molecule has 8 nitrogen and oxygen atoms in total. The van der Waals surface area contributed by atoms with Crippen molar-refractivity contribution < 1.29 is 21.4 Å². The Balaban J connectivity index is 1.77. The van der Waals surface area contributed by atoms with E-state index in [4.69, 9.17) is 4.52 Å². The van der Waals surface area contributed by atoms with Crippen LogP contribution in [0.1, 0.15) is 42.3 Å². The molecular formula is C31H29N3O5S2. The van der Waals surface area contributed by atoms with E-state index in [9.17, 15) is 16.8 Å². The minimum Gasteiger partial charge on any atom is -0.334 e. The largest absolute Gasteiger partial charge is 0.334 e. The summed E-state index contributed by atoms with van der Waals surface area (Å²) < 4.78 is 54.0. The van der Waals surface area contributed by atoms with Gasteiger partial charge >= 0.3 is 0 Å². The van der Waals surface area contributed by atoms with Crippen LogP contribution >= 0.6 is 0 Å². The number of nitrogens with zero attached hydrogens (tertiary/aromatic N) is 3. The third kappa shape index (κ3) is 5.57. The van der Waals surface area contributed by atoms with Gasteiger partial charge in [-0.15, -0.1) is 0 Å². The van der Waals surface area contributed by atoms with Gasteiger partial charge in [-0.05, 0) is 79.4 Å². The maximum absolute atomic E-state index is 12.8. The van der Waals surface area contributed by atoms with E-state index in [1.807, 2.05) is 54.6 Å². The Morgan fingerprint density at radius 2 is 1.59 bits per heavy atom. The van der Waals surface area contributed by atoms with Gasteiger partial charge in [0.25, 0.3) is 5.89 Å². The second-order valence-electron chi connectivity index (χ2n) is 10.5. The summed E-state index contributed by atoms with van der Waals surface area (Å²) in [4.78, 5) is 9.28. The summed E-state index contributed by atoms with van der Waals surface area (Å²) in [5, 5.41) is 4.77. The van der Waals surface area contributed by atoms with Crippen LogP contribution in [-0.4, -0.2) is 44.5 Å². The molecule has 0 N–H and O–H groups in total. The molecule has 0 unspecified atom stereocenters. The van der Waals surface area contributed by atoms with E-state index in [1.165, 1.54) is 6.26 Å². The number of hydrogen-bond acceptors (Lipinski definition) is 8. The molecule has 210 valence electrons. The van der Waals surface area contributed by atoms with Crippen molar-refractivity contribution in [1.29, 1.82) is 0 Å². The normalized spacial score (nSPS) is 13.0. The quantitative estimate of drug-likeness (QED) is 0.217. The monoisotopic (exact) mass is 587 g/mol. The molecule has 41 heavy (non-hydrogen) atoms. The van der Waals surface area contributed by atoms with Crippen molar-refractivity contribution in [3.8, 4) is 11.1 Å². The van der Waals surface area contributed by atoms with E-state index >= 15 is 0 Å². The van der Waals surface area contributed by atoms with Crippen LogP contribution in [0, 0.1) is 6.92 Å². The van der Waals surface area contributed by atoms with Gasteiger partial charge in [0.15, 0.2) is 25.5 Å². The van der Waals surface area contributed by atoms with Crippen LogP contribution in [0.4, 0.5) is 0 Å². The summed E-state index contributed by atoms with van der Waals surface area (Å²) in [6, 6.07) is 21.7. The molecule has 0 amide bonds. The van der Waals surface area contributed by atoms with Gasteiger partial charge in [-0.3, -0.25) is 4.98 Å². The van der Waals surface area contributed by atoms with Crippen molar-refractivity contribution in [3.05, 3.63) is 107 Å². The first-order valence-corrected chi connectivity index (χ1v) is 16.5. The number of sulfone groups is 2. The van der Waals surface area contributed by atoms with E-state index < -0.39 is 24.4 Å². The molecule has 0 aliphatic carbocycles. The summed E-state index contributed by atoms with van der Waals surface area (Å²) in [6.07, 6.45) is 6.01. The smallest absolute Gasteiger partial charge is 0.258 e. The van der Waals surface area contributed by atoms with Gasteiger partial charge in [-0.2, -0.15) is 4.98 Å². The van der Waals surface area contributed by atoms with Crippen LogP contribution in [0.15, 0.2) is 88.4 Å². The zero-order chi connectivity index (χ0) is 29.6. The average molecular weight is 588 g/mol. The van der Waals surface area contributed by atoms with E-state index in [0.29, 0.717) is 22.5 Å². The number of rotatable bonds is 7. The Morgan fingerprint density at radius 1 is 0.878 bits per heavy atom. The lowest BCUT2D eigenvalue weighted by Gasteiger charge is -2.25. The number of fused-ring (bicyclic) bond motifs is 1. The Kier molecular flexibility index (Phi) is 7.17. The van der Waals surface area contributed by atoms with Crippen LogP contribution in [0.2, 0.25) is 0 Å². The van der Waals surface area contributed by atoms with Gasteiger partial charge < -0.3 is 4.52 Å². The summed E-state index contributed by atoms with van der Waals surface area (Å²) in [6.45, 7) is 5.12. The van der Waals surface area contributed by atoms with Crippen LogP contribution in [0.3, 0.4) is 0 Å². The van der Waals surface area contributed by atoms with Crippen LogP contribution in [0.25, 0.3) is 33.7 Å². The number of hydrogen-bond donors (Lipinski definition) is 0. The maximum atomic E-state index is 12.8. The number of benzene rings is 3. The molecule has 0 aliphatic heterocycles. The summed E-state index contributed by atoms with van der Waals surface area (Å²) in [7, 11) is -6.81. The SMILES string of the molecule is Cc1noc(/C(=C\c2ccccc2-c2cc(C(C)(C)S(C)(=O)=O)cc3cccnc23)c2ccc(S(C)(=O)=O)cc2)n1. The van der Waals surface area contributed by atoms with E-state index in [1.54, 1.807) is 51.2 Å². The first kappa shape index (κ1) is 28.4.